The van der Waals surface area contributed by atoms with Gasteiger partial charge in [0, 0.05) is 0 Å². The lowest BCUT2D eigenvalue weighted by Gasteiger charge is -2.09. The van der Waals surface area contributed by atoms with Crippen LogP contribution in [-0.4, -0.2) is 19.2 Å². The monoisotopic (exact) mass is 236 g/mol. The molecule has 0 aliphatic carbocycles. The van der Waals surface area contributed by atoms with E-state index < -0.39 is 0 Å². The predicted octanol–water partition coefficient (Wildman–Crippen LogP) is 3.29. The van der Waals surface area contributed by atoms with Crippen molar-refractivity contribution in [2.45, 2.75) is 27.2 Å². The lowest BCUT2D eigenvalue weighted by molar-refractivity contribution is 0.0526. The molecule has 0 radical (unpaired) electrons. The summed E-state index contributed by atoms with van der Waals surface area (Å²) in [6, 6.07) is 7.10. The summed E-state index contributed by atoms with van der Waals surface area (Å²) < 4.78 is 10.5. The molecule has 1 rings (SSSR count). The quantitative estimate of drug-likeness (QED) is 0.711. The number of benzene rings is 1. The molecule has 1 aromatic carbocycles. The maximum Gasteiger partial charge on any atom is 0.338 e. The molecule has 0 bridgehead atoms. The lowest BCUT2D eigenvalue weighted by atomic mass is 10.1. The molecular weight excluding hydrogens is 216 g/mol. The fourth-order valence-corrected chi connectivity index (χ4v) is 1.34. The Bertz CT molecular complexity index is 358. The molecule has 0 N–H and O–H groups in total. The van der Waals surface area contributed by atoms with Gasteiger partial charge in [0.15, 0.2) is 0 Å². The van der Waals surface area contributed by atoms with Crippen molar-refractivity contribution in [3.05, 3.63) is 29.8 Å². The van der Waals surface area contributed by atoms with Crippen molar-refractivity contribution in [2.75, 3.05) is 13.2 Å². The lowest BCUT2D eigenvalue weighted by Crippen LogP contribution is -2.06. The first kappa shape index (κ1) is 13.6. The average Bonchev–Trinajstić information content (AvgIpc) is 2.29. The molecule has 94 valence electrons. The van der Waals surface area contributed by atoms with E-state index in [1.165, 1.54) is 0 Å². The summed E-state index contributed by atoms with van der Waals surface area (Å²) in [6.07, 6.45) is 1.00. The van der Waals surface area contributed by atoms with Crippen molar-refractivity contribution in [3.63, 3.8) is 0 Å². The standard InChI is InChI=1S/C14H20O3/c1-4-16-14(15)12-6-5-7-13(10-12)17-9-8-11(2)3/h5-7,10-11H,4,8-9H2,1-3H3. The summed E-state index contributed by atoms with van der Waals surface area (Å²) in [6.45, 7) is 7.15. The number of ether oxygens (including phenoxy) is 2. The van der Waals surface area contributed by atoms with E-state index in [-0.39, 0.29) is 5.97 Å². The third kappa shape index (κ3) is 4.89. The van der Waals surface area contributed by atoms with Gasteiger partial charge >= 0.3 is 5.97 Å². The zero-order chi connectivity index (χ0) is 12.7. The van der Waals surface area contributed by atoms with Gasteiger partial charge in [-0.25, -0.2) is 4.79 Å². The van der Waals surface area contributed by atoms with Crippen LogP contribution in [0.2, 0.25) is 0 Å². The minimum Gasteiger partial charge on any atom is -0.494 e. The molecule has 17 heavy (non-hydrogen) atoms. The molecule has 3 heteroatoms. The highest BCUT2D eigenvalue weighted by Crippen LogP contribution is 2.15. The minimum absolute atomic E-state index is 0.304. The molecule has 0 unspecified atom stereocenters. The molecule has 0 aliphatic heterocycles. The maximum atomic E-state index is 11.5. The van der Waals surface area contributed by atoms with Crippen molar-refractivity contribution in [2.24, 2.45) is 5.92 Å². The Balaban J connectivity index is 2.56. The Hall–Kier alpha value is -1.51. The summed E-state index contributed by atoms with van der Waals surface area (Å²) >= 11 is 0. The van der Waals surface area contributed by atoms with Gasteiger partial charge in [0.2, 0.25) is 0 Å². The largest absolute Gasteiger partial charge is 0.494 e. The number of carbonyl (C=O) groups excluding carboxylic acids is 1. The van der Waals surface area contributed by atoms with Crippen molar-refractivity contribution in [3.8, 4) is 5.75 Å². The van der Waals surface area contributed by atoms with Crippen LogP contribution in [0.25, 0.3) is 0 Å². The Morgan fingerprint density at radius 2 is 2.12 bits per heavy atom. The summed E-state index contributed by atoms with van der Waals surface area (Å²) in [5.41, 5.74) is 0.536. The highest BCUT2D eigenvalue weighted by Gasteiger charge is 2.07. The van der Waals surface area contributed by atoms with Crippen molar-refractivity contribution in [1.29, 1.82) is 0 Å². The number of carbonyl (C=O) groups is 1. The Morgan fingerprint density at radius 3 is 2.76 bits per heavy atom. The maximum absolute atomic E-state index is 11.5. The van der Waals surface area contributed by atoms with Gasteiger partial charge in [-0.2, -0.15) is 0 Å². The van der Waals surface area contributed by atoms with E-state index in [1.54, 1.807) is 25.1 Å². The van der Waals surface area contributed by atoms with Gasteiger partial charge in [-0.05, 0) is 37.5 Å². The molecule has 0 heterocycles. The fourth-order valence-electron chi connectivity index (χ4n) is 1.34. The van der Waals surface area contributed by atoms with E-state index in [0.717, 1.165) is 12.2 Å². The van der Waals surface area contributed by atoms with Crippen LogP contribution in [0.4, 0.5) is 0 Å². The predicted molar refractivity (Wildman–Crippen MR) is 67.3 cm³/mol. The van der Waals surface area contributed by atoms with Crippen molar-refractivity contribution >= 4 is 5.97 Å². The number of esters is 1. The van der Waals surface area contributed by atoms with Crippen molar-refractivity contribution < 1.29 is 14.3 Å². The Morgan fingerprint density at radius 1 is 1.35 bits per heavy atom. The van der Waals surface area contributed by atoms with Gasteiger partial charge in [-0.1, -0.05) is 19.9 Å². The summed E-state index contributed by atoms with van der Waals surface area (Å²) in [4.78, 5) is 11.5. The zero-order valence-electron chi connectivity index (χ0n) is 10.7. The number of hydrogen-bond acceptors (Lipinski definition) is 3. The molecule has 0 aromatic heterocycles. The SMILES string of the molecule is CCOC(=O)c1cccc(OCCC(C)C)c1. The second kappa shape index (κ2) is 6.94. The minimum atomic E-state index is -0.304. The highest BCUT2D eigenvalue weighted by molar-refractivity contribution is 5.89. The summed E-state index contributed by atoms with van der Waals surface area (Å²) in [7, 11) is 0. The second-order valence-electron chi connectivity index (χ2n) is 4.28. The third-order valence-electron chi connectivity index (χ3n) is 2.31. The van der Waals surface area contributed by atoms with Gasteiger partial charge in [-0.15, -0.1) is 0 Å². The normalized spacial score (nSPS) is 10.4. The molecule has 0 saturated carbocycles. The molecule has 0 aliphatic rings. The Labute approximate surface area is 103 Å². The Kier molecular flexibility index (Phi) is 5.53. The van der Waals surface area contributed by atoms with Crippen LogP contribution >= 0.6 is 0 Å². The molecular formula is C14H20O3. The highest BCUT2D eigenvalue weighted by atomic mass is 16.5. The van der Waals surface area contributed by atoms with Crippen LogP contribution in [0.5, 0.6) is 5.75 Å². The third-order valence-corrected chi connectivity index (χ3v) is 2.31. The van der Waals surface area contributed by atoms with Gasteiger partial charge in [0.25, 0.3) is 0 Å². The fraction of sp³-hybridized carbons (Fsp3) is 0.500. The van der Waals surface area contributed by atoms with Crippen LogP contribution in [0.1, 0.15) is 37.6 Å². The van der Waals surface area contributed by atoms with Crippen LogP contribution < -0.4 is 4.74 Å². The molecule has 0 spiro atoms. The molecule has 3 nitrogen and oxygen atoms in total. The van der Waals surface area contributed by atoms with Gasteiger partial charge in [0.1, 0.15) is 5.75 Å². The second-order valence-corrected chi connectivity index (χ2v) is 4.28. The van der Waals surface area contributed by atoms with Crippen molar-refractivity contribution in [1.82, 2.24) is 0 Å². The van der Waals surface area contributed by atoms with Gasteiger partial charge in [-0.3, -0.25) is 0 Å². The number of rotatable bonds is 6. The summed E-state index contributed by atoms with van der Waals surface area (Å²) in [5.74, 6) is 1.03. The first-order valence-electron chi connectivity index (χ1n) is 6.03. The number of hydrogen-bond donors (Lipinski definition) is 0. The zero-order valence-corrected chi connectivity index (χ0v) is 10.7. The molecule has 0 saturated heterocycles. The van der Waals surface area contributed by atoms with Crippen LogP contribution in [0.15, 0.2) is 24.3 Å². The van der Waals surface area contributed by atoms with Gasteiger partial charge < -0.3 is 9.47 Å². The molecule has 1 aromatic rings. The van der Waals surface area contributed by atoms with E-state index in [4.69, 9.17) is 9.47 Å². The molecule has 0 amide bonds. The van der Waals surface area contributed by atoms with Crippen LogP contribution in [-0.2, 0) is 4.74 Å². The van der Waals surface area contributed by atoms with Crippen LogP contribution in [0, 0.1) is 5.92 Å². The van der Waals surface area contributed by atoms with Crippen LogP contribution in [0.3, 0.4) is 0 Å². The first-order valence-corrected chi connectivity index (χ1v) is 6.03. The van der Waals surface area contributed by atoms with Gasteiger partial charge in [0.05, 0.1) is 18.8 Å². The average molecular weight is 236 g/mol. The molecule has 0 atom stereocenters. The van der Waals surface area contributed by atoms with E-state index in [1.807, 2.05) is 6.07 Å². The first-order chi connectivity index (χ1) is 8.13. The molecule has 0 fully saturated rings. The topological polar surface area (TPSA) is 35.5 Å². The van der Waals surface area contributed by atoms with E-state index in [9.17, 15) is 4.79 Å². The van der Waals surface area contributed by atoms with E-state index in [0.29, 0.717) is 24.7 Å². The smallest absolute Gasteiger partial charge is 0.338 e. The van der Waals surface area contributed by atoms with E-state index >= 15 is 0 Å². The van der Waals surface area contributed by atoms with E-state index in [2.05, 4.69) is 13.8 Å². The summed E-state index contributed by atoms with van der Waals surface area (Å²) in [5, 5.41) is 0.